The van der Waals surface area contributed by atoms with Crippen molar-refractivity contribution in [3.05, 3.63) is 46.7 Å². The second kappa shape index (κ2) is 4.49. The van der Waals surface area contributed by atoms with Gasteiger partial charge in [-0.1, -0.05) is 22.0 Å². The van der Waals surface area contributed by atoms with Crippen molar-refractivity contribution >= 4 is 21.9 Å². The molecule has 0 saturated heterocycles. The van der Waals surface area contributed by atoms with Crippen molar-refractivity contribution in [2.45, 2.75) is 6.42 Å². The summed E-state index contributed by atoms with van der Waals surface area (Å²) in [6.07, 6.45) is 1.56. The smallest absolute Gasteiger partial charge is 0.309 e. The number of hydrogen-bond acceptors (Lipinski definition) is 2. The van der Waals surface area contributed by atoms with Crippen LogP contribution in [0, 0.1) is 0 Å². The molecule has 1 aromatic heterocycles. The highest BCUT2D eigenvalue weighted by Crippen LogP contribution is 2.16. The number of carbonyl (C=O) groups is 1. The molecule has 2 aromatic rings. The molecule has 5 heteroatoms. The fraction of sp³-hybridized carbons (Fsp3) is 0.0909. The summed E-state index contributed by atoms with van der Waals surface area (Å²) < 4.78 is 2.56. The zero-order chi connectivity index (χ0) is 11.5. The number of hydrogen-bond donors (Lipinski definition) is 1. The summed E-state index contributed by atoms with van der Waals surface area (Å²) in [7, 11) is 0. The van der Waals surface area contributed by atoms with Crippen molar-refractivity contribution < 1.29 is 9.90 Å². The minimum absolute atomic E-state index is 0.0352. The summed E-state index contributed by atoms with van der Waals surface area (Å²) in [4.78, 5) is 10.7. The van der Waals surface area contributed by atoms with Crippen LogP contribution >= 0.6 is 15.9 Å². The average molecular weight is 281 g/mol. The Hall–Kier alpha value is -1.62. The van der Waals surface area contributed by atoms with E-state index in [0.29, 0.717) is 5.69 Å². The van der Waals surface area contributed by atoms with E-state index in [2.05, 4.69) is 21.0 Å². The molecule has 0 amide bonds. The Bertz CT molecular complexity index is 522. The molecule has 4 nitrogen and oxygen atoms in total. The average Bonchev–Trinajstić information content (AvgIpc) is 2.65. The summed E-state index contributed by atoms with van der Waals surface area (Å²) in [6, 6.07) is 9.26. The van der Waals surface area contributed by atoms with Crippen molar-refractivity contribution in [3.8, 4) is 5.69 Å². The zero-order valence-corrected chi connectivity index (χ0v) is 9.89. The van der Waals surface area contributed by atoms with E-state index in [-0.39, 0.29) is 6.42 Å². The van der Waals surface area contributed by atoms with Gasteiger partial charge in [0, 0.05) is 10.7 Å². The standard InChI is InChI=1S/C11H9BrN2O2/c12-8-2-1-3-9(6-8)14-10(4-5-13-14)7-11(15)16/h1-6H,7H2,(H,15,16). The molecule has 0 radical (unpaired) electrons. The Morgan fingerprint density at radius 1 is 1.44 bits per heavy atom. The van der Waals surface area contributed by atoms with Crippen LogP contribution in [0.3, 0.4) is 0 Å². The third kappa shape index (κ3) is 2.30. The number of carboxylic acid groups (broad SMARTS) is 1. The Morgan fingerprint density at radius 3 is 2.94 bits per heavy atom. The van der Waals surface area contributed by atoms with Crippen LogP contribution in [0.5, 0.6) is 0 Å². The molecule has 0 aliphatic heterocycles. The summed E-state index contributed by atoms with van der Waals surface area (Å²) in [6.45, 7) is 0. The molecule has 2 rings (SSSR count). The quantitative estimate of drug-likeness (QED) is 0.938. The van der Waals surface area contributed by atoms with Crippen LogP contribution in [0.15, 0.2) is 41.0 Å². The van der Waals surface area contributed by atoms with Gasteiger partial charge in [0.15, 0.2) is 0 Å². The second-order valence-corrected chi connectivity index (χ2v) is 4.20. The first-order valence-electron chi connectivity index (χ1n) is 4.67. The van der Waals surface area contributed by atoms with Crippen LogP contribution in [0.2, 0.25) is 0 Å². The van der Waals surface area contributed by atoms with Gasteiger partial charge in [-0.25, -0.2) is 4.68 Å². The second-order valence-electron chi connectivity index (χ2n) is 3.28. The normalized spacial score (nSPS) is 10.3. The lowest BCUT2D eigenvalue weighted by Gasteiger charge is -2.05. The predicted octanol–water partition coefficient (Wildman–Crippen LogP) is 2.26. The van der Waals surface area contributed by atoms with E-state index in [1.54, 1.807) is 16.9 Å². The van der Waals surface area contributed by atoms with E-state index in [0.717, 1.165) is 10.2 Å². The minimum atomic E-state index is -0.864. The molecule has 0 saturated carbocycles. The monoisotopic (exact) mass is 280 g/mol. The van der Waals surface area contributed by atoms with Crippen molar-refractivity contribution in [1.82, 2.24) is 9.78 Å². The molecule has 0 bridgehead atoms. The summed E-state index contributed by atoms with van der Waals surface area (Å²) in [5.41, 5.74) is 1.50. The highest BCUT2D eigenvalue weighted by Gasteiger charge is 2.08. The van der Waals surface area contributed by atoms with Crippen LogP contribution < -0.4 is 0 Å². The van der Waals surface area contributed by atoms with Gasteiger partial charge in [0.05, 0.1) is 17.8 Å². The number of aromatic nitrogens is 2. The molecule has 0 spiro atoms. The number of halogens is 1. The highest BCUT2D eigenvalue weighted by atomic mass is 79.9. The Balaban J connectivity index is 2.40. The molecule has 1 heterocycles. The summed E-state index contributed by atoms with van der Waals surface area (Å²) in [5, 5.41) is 12.9. The van der Waals surface area contributed by atoms with E-state index in [4.69, 9.17) is 5.11 Å². The fourth-order valence-corrected chi connectivity index (χ4v) is 1.85. The Labute approximate surface area is 101 Å². The van der Waals surface area contributed by atoms with E-state index >= 15 is 0 Å². The lowest BCUT2D eigenvalue weighted by Crippen LogP contribution is -2.07. The largest absolute Gasteiger partial charge is 0.481 e. The predicted molar refractivity (Wildman–Crippen MR) is 62.6 cm³/mol. The number of aliphatic carboxylic acids is 1. The maximum Gasteiger partial charge on any atom is 0.309 e. The molecule has 82 valence electrons. The third-order valence-corrected chi connectivity index (χ3v) is 2.60. The molecule has 1 N–H and O–H groups in total. The van der Waals surface area contributed by atoms with Crippen LogP contribution in [0.25, 0.3) is 5.69 Å². The molecular formula is C11H9BrN2O2. The van der Waals surface area contributed by atoms with Gasteiger partial charge in [0.25, 0.3) is 0 Å². The highest BCUT2D eigenvalue weighted by molar-refractivity contribution is 9.10. The first-order valence-corrected chi connectivity index (χ1v) is 5.47. The number of carboxylic acids is 1. The zero-order valence-electron chi connectivity index (χ0n) is 8.30. The third-order valence-electron chi connectivity index (χ3n) is 2.11. The number of benzene rings is 1. The van der Waals surface area contributed by atoms with Crippen LogP contribution in [0.1, 0.15) is 5.69 Å². The topological polar surface area (TPSA) is 55.1 Å². The van der Waals surface area contributed by atoms with Crippen molar-refractivity contribution in [1.29, 1.82) is 0 Å². The van der Waals surface area contributed by atoms with Gasteiger partial charge in [-0.2, -0.15) is 5.10 Å². The Kier molecular flexibility index (Phi) is 3.05. The Morgan fingerprint density at radius 2 is 2.25 bits per heavy atom. The fourth-order valence-electron chi connectivity index (χ4n) is 1.46. The maximum absolute atomic E-state index is 10.7. The molecule has 0 atom stereocenters. The molecule has 16 heavy (non-hydrogen) atoms. The van der Waals surface area contributed by atoms with E-state index in [1.807, 2.05) is 24.3 Å². The van der Waals surface area contributed by atoms with Gasteiger partial charge < -0.3 is 5.11 Å². The van der Waals surface area contributed by atoms with Gasteiger partial charge in [-0.3, -0.25) is 4.79 Å². The van der Waals surface area contributed by atoms with Gasteiger partial charge in [-0.15, -0.1) is 0 Å². The lowest BCUT2D eigenvalue weighted by molar-refractivity contribution is -0.136. The van der Waals surface area contributed by atoms with Crippen molar-refractivity contribution in [2.24, 2.45) is 0 Å². The molecule has 0 fully saturated rings. The molecule has 1 aromatic carbocycles. The van der Waals surface area contributed by atoms with Crippen LogP contribution in [0.4, 0.5) is 0 Å². The first-order chi connectivity index (χ1) is 7.66. The maximum atomic E-state index is 10.7. The molecule has 0 aliphatic rings. The van der Waals surface area contributed by atoms with Gasteiger partial charge in [0.2, 0.25) is 0 Å². The molecular weight excluding hydrogens is 272 g/mol. The van der Waals surface area contributed by atoms with E-state index in [9.17, 15) is 4.79 Å². The van der Waals surface area contributed by atoms with Crippen LogP contribution in [-0.4, -0.2) is 20.9 Å². The lowest BCUT2D eigenvalue weighted by atomic mass is 10.3. The summed E-state index contributed by atoms with van der Waals surface area (Å²) >= 11 is 3.37. The van der Waals surface area contributed by atoms with E-state index < -0.39 is 5.97 Å². The molecule has 0 aliphatic carbocycles. The number of nitrogens with zero attached hydrogens (tertiary/aromatic N) is 2. The van der Waals surface area contributed by atoms with Crippen LogP contribution in [-0.2, 0) is 11.2 Å². The first kappa shape index (κ1) is 10.9. The van der Waals surface area contributed by atoms with Crippen molar-refractivity contribution in [3.63, 3.8) is 0 Å². The van der Waals surface area contributed by atoms with Gasteiger partial charge in [-0.05, 0) is 24.3 Å². The molecule has 0 unspecified atom stereocenters. The minimum Gasteiger partial charge on any atom is -0.481 e. The van der Waals surface area contributed by atoms with Crippen molar-refractivity contribution in [2.75, 3.05) is 0 Å². The van der Waals surface area contributed by atoms with E-state index in [1.165, 1.54) is 0 Å². The summed E-state index contributed by atoms with van der Waals surface area (Å²) in [5.74, 6) is -0.864. The SMILES string of the molecule is O=C(O)Cc1ccnn1-c1cccc(Br)c1. The van der Waals surface area contributed by atoms with Gasteiger partial charge >= 0.3 is 5.97 Å². The van der Waals surface area contributed by atoms with Gasteiger partial charge in [0.1, 0.15) is 0 Å². The number of rotatable bonds is 3.